The van der Waals surface area contributed by atoms with Crippen LogP contribution in [0.4, 0.5) is 0 Å². The minimum Gasteiger partial charge on any atom is -0.508 e. The van der Waals surface area contributed by atoms with Gasteiger partial charge >= 0.3 is 0 Å². The number of carbonyl (C=O) groups excluding carboxylic acids is 8. The molecule has 8 amide bonds. The van der Waals surface area contributed by atoms with Crippen molar-refractivity contribution in [3.05, 3.63) is 129 Å². The van der Waals surface area contributed by atoms with E-state index in [1.165, 1.54) is 69.6 Å². The summed E-state index contributed by atoms with van der Waals surface area (Å²) < 4.78 is 25.8. The van der Waals surface area contributed by atoms with Crippen molar-refractivity contribution in [2.24, 2.45) is 35.3 Å². The van der Waals surface area contributed by atoms with Crippen molar-refractivity contribution < 1.29 is 87.9 Å². The first-order valence-electron chi connectivity index (χ1n) is 34.5. The first-order valence-corrected chi connectivity index (χ1v) is 35.2. The van der Waals surface area contributed by atoms with Crippen LogP contribution in [-0.2, 0) is 47.8 Å². The van der Waals surface area contributed by atoms with E-state index in [-0.39, 0.29) is 103 Å². The summed E-state index contributed by atoms with van der Waals surface area (Å²) in [5.41, 5.74) is 3.85. The molecule has 0 spiro atoms. The molecule has 0 aromatic heterocycles. The van der Waals surface area contributed by atoms with Crippen molar-refractivity contribution in [3.8, 4) is 57.1 Å². The van der Waals surface area contributed by atoms with Gasteiger partial charge in [-0.15, -0.1) is 0 Å². The first kappa shape index (κ1) is 74.3. The Morgan fingerprint density at radius 2 is 1.31 bits per heavy atom. The van der Waals surface area contributed by atoms with Gasteiger partial charge in [0.2, 0.25) is 53.0 Å². The molecule has 6 aliphatic heterocycles. The smallest absolute Gasteiger partial charge is 0.248 e. The molecule has 13 atom stereocenters. The summed E-state index contributed by atoms with van der Waals surface area (Å²) in [6.45, 7) is 10.5. The van der Waals surface area contributed by atoms with Gasteiger partial charge < -0.3 is 108 Å². The number of aliphatic hydroxyl groups excluding tert-OH is 2. The Balaban J connectivity index is 1.05. The summed E-state index contributed by atoms with van der Waals surface area (Å²) in [5.74, 6) is -11.9. The Kier molecular flexibility index (Phi) is 21.4. The lowest BCUT2D eigenvalue weighted by Crippen LogP contribution is -2.61. The molecule has 4 aliphatic carbocycles. The molecule has 10 aliphatic rings. The first-order chi connectivity index (χ1) is 49.3. The maximum Gasteiger partial charge on any atom is 0.248 e. The molecule has 5 aromatic rings. The molecular weight excluding hydrogens is 1390 g/mol. The molecule has 6 heterocycles. The second kappa shape index (κ2) is 30.0. The van der Waals surface area contributed by atoms with Crippen LogP contribution < -0.4 is 68.4 Å². The number of nitrogens with two attached hydrogens (primary N) is 1. The summed E-state index contributed by atoms with van der Waals surface area (Å²) in [7, 11) is 2.95. The minimum absolute atomic E-state index is 0.00889. The third kappa shape index (κ3) is 15.4. The van der Waals surface area contributed by atoms with E-state index in [1.807, 2.05) is 13.8 Å². The van der Waals surface area contributed by atoms with E-state index in [2.05, 4.69) is 59.7 Å². The molecule has 104 heavy (non-hydrogen) atoms. The van der Waals surface area contributed by atoms with Gasteiger partial charge in [0.25, 0.3) is 0 Å². The number of phenols is 4. The van der Waals surface area contributed by atoms with Gasteiger partial charge in [-0.1, -0.05) is 61.8 Å². The highest BCUT2D eigenvalue weighted by molar-refractivity contribution is 6.32. The molecule has 29 nitrogen and oxygen atoms in total. The van der Waals surface area contributed by atoms with Crippen molar-refractivity contribution in [3.63, 3.8) is 0 Å². The molecule has 0 radical (unpaired) electrons. The van der Waals surface area contributed by atoms with Crippen LogP contribution in [0.3, 0.4) is 0 Å². The zero-order valence-electron chi connectivity index (χ0n) is 57.7. The highest BCUT2D eigenvalue weighted by Crippen LogP contribution is 2.55. The number of carbonyl (C=O) groups is 8. The van der Waals surface area contributed by atoms with E-state index < -0.39 is 167 Å². The van der Waals surface area contributed by atoms with Crippen molar-refractivity contribution >= 4 is 70.5 Å². The zero-order valence-corrected chi connectivity index (χ0v) is 59.2. The number of rotatable bonds is 13. The fraction of sp³-hybridized carbons (Fsp3) is 0.452. The molecule has 15 rings (SSSR count). The Morgan fingerprint density at radius 3 is 1.92 bits per heavy atom. The highest BCUT2D eigenvalue weighted by Gasteiger charge is 2.51. The van der Waals surface area contributed by atoms with Crippen LogP contribution in [0.15, 0.2) is 91.3 Å². The van der Waals surface area contributed by atoms with Gasteiger partial charge in [0.15, 0.2) is 17.8 Å². The normalized spacial score (nSPS) is 29.6. The van der Waals surface area contributed by atoms with Gasteiger partial charge in [0.1, 0.15) is 77.2 Å². The van der Waals surface area contributed by atoms with Gasteiger partial charge in [-0.25, -0.2) is 0 Å². The molecule has 554 valence electrons. The molecule has 4 saturated carbocycles. The second-order valence-corrected chi connectivity index (χ2v) is 29.7. The fourth-order valence-electron chi connectivity index (χ4n) is 15.8. The molecular formula is C73H85Cl2N11O18. The largest absolute Gasteiger partial charge is 0.508 e. The topological polar surface area (TPSA) is 441 Å². The number of ether oxygens (including phenoxy) is 4. The van der Waals surface area contributed by atoms with Crippen LogP contribution >= 0.6 is 23.2 Å². The van der Waals surface area contributed by atoms with E-state index in [1.54, 1.807) is 6.92 Å². The molecule has 5 aromatic carbocycles. The van der Waals surface area contributed by atoms with Crippen LogP contribution in [0.5, 0.6) is 46.0 Å². The van der Waals surface area contributed by atoms with Crippen LogP contribution in [-0.4, -0.2) is 146 Å². The second-order valence-electron chi connectivity index (χ2n) is 28.9. The van der Waals surface area contributed by atoms with Crippen molar-refractivity contribution in [2.45, 2.75) is 164 Å². The third-order valence-electron chi connectivity index (χ3n) is 20.8. The standard InChI is InChI=1S/C73H85Cl2N11O18/c1-29(2)14-45(78-7)66(94)85-60-62(91)35-9-12-49(43(74)21-35)102-51-23-39-24-52(63(51)92)103-50-13-10-36(22-44(50)75)64(104-54-28-73(5,76)65(93)30(3)101-54)61-72(100)84-59(70(98)81-56-37-16-32-15-33(18-37)19-38(56)17-32)42-25-40(87)26-48(89)55(42)41-20-34(8-11-47(41)88)57(68(96)86-61)83-69(97)58(39)82-67(95)46(80-71(60)99)27-53(90)79-31(4)77-6/h8-13,20-26,29-30,32-33,37-38,45-46,54,56-62,64-65,77-78,87-89,91-93H,4,14-19,27-28,76H2,1-3,5-7H3,(H,79,90)(H,80,99)(H,81,98)(H,82,95)(H,83,97)(H,84,100)(H,85,94)(H,86,96)/t30?,32?,33?,37?,38?,45-,46+,54?,56?,57-,58-,59+,60-,61+,62-,64-,65?,73?/m1/s1. The van der Waals surface area contributed by atoms with E-state index in [0.29, 0.717) is 11.8 Å². The maximum absolute atomic E-state index is 16.2. The SMILES string of the molecule is C=C(NC)NC(=O)C[C@@H]1NC(=O)[C@H](NC(=O)[C@@H](CC(C)C)NC)[C@H](O)c2ccc(c(Cl)c2)Oc2cc3cc(c2O)Oc2ccc(cc2Cl)[C@@H](OC2CC(C)(N)C(O)C(C)O2)[C@@H]2NC(=O)[C@H](NC(=O)[C@@H]3NC1=O)c1ccc(O)c(c1)-c1c(O)cc(O)cc1[C@@H](C(=O)NC1C3CC4CC(C3)CC1C4)NC2=O. The highest BCUT2D eigenvalue weighted by atomic mass is 35.5. The maximum atomic E-state index is 16.2. The number of halogens is 2. The number of aromatic hydroxyl groups is 4. The lowest BCUT2D eigenvalue weighted by molar-refractivity contribution is -0.255. The zero-order chi connectivity index (χ0) is 74.7. The summed E-state index contributed by atoms with van der Waals surface area (Å²) in [4.78, 5) is 123. The van der Waals surface area contributed by atoms with Crippen molar-refractivity contribution in [2.75, 3.05) is 14.1 Å². The average Bonchev–Trinajstić information content (AvgIpc) is 0.759. The number of aliphatic hydroxyl groups is 2. The number of nitrogens with one attached hydrogen (secondary N) is 10. The van der Waals surface area contributed by atoms with Gasteiger partial charge in [-0.3, -0.25) is 38.4 Å². The van der Waals surface area contributed by atoms with E-state index in [9.17, 15) is 40.2 Å². The monoisotopic (exact) mass is 1470 g/mol. The van der Waals surface area contributed by atoms with Crippen molar-refractivity contribution in [1.29, 1.82) is 0 Å². The Bertz CT molecular complexity index is 4250. The van der Waals surface area contributed by atoms with Crippen LogP contribution in [0, 0.1) is 29.6 Å². The fourth-order valence-corrected chi connectivity index (χ4v) is 16.2. The number of hydrogen-bond acceptors (Lipinski definition) is 21. The summed E-state index contributed by atoms with van der Waals surface area (Å²) >= 11 is 14.2. The number of benzene rings is 5. The van der Waals surface area contributed by atoms with Crippen LogP contribution in [0.25, 0.3) is 11.1 Å². The number of phenolic OH excluding ortho intramolecular Hbond substituents is 4. The Morgan fingerprint density at radius 1 is 0.702 bits per heavy atom. The third-order valence-corrected chi connectivity index (χ3v) is 21.4. The van der Waals surface area contributed by atoms with Crippen molar-refractivity contribution in [1.82, 2.24) is 53.2 Å². The van der Waals surface area contributed by atoms with E-state index >= 15 is 28.8 Å². The predicted molar refractivity (Wildman–Crippen MR) is 375 cm³/mol. The number of fused-ring (bicyclic) bond motifs is 15. The van der Waals surface area contributed by atoms with Crippen LogP contribution in [0.2, 0.25) is 10.0 Å². The number of hydrogen-bond donors (Lipinski definition) is 17. The molecule has 15 bridgehead atoms. The van der Waals surface area contributed by atoms with Gasteiger partial charge in [0, 0.05) is 42.2 Å². The Labute approximate surface area is 608 Å². The predicted octanol–water partition coefficient (Wildman–Crippen LogP) is 4.81. The number of amides is 8. The quantitative estimate of drug-likeness (QED) is 0.0752. The molecule has 4 unspecified atom stereocenters. The van der Waals surface area contributed by atoms with Gasteiger partial charge in [-0.05, 0) is 171 Å². The summed E-state index contributed by atoms with van der Waals surface area (Å²) in [6.07, 6.45) is -3.76. The van der Waals surface area contributed by atoms with Crippen LogP contribution in [0.1, 0.15) is 137 Å². The molecule has 1 saturated heterocycles. The molecule has 18 N–H and O–H groups in total. The summed E-state index contributed by atoms with van der Waals surface area (Å²) in [6, 6.07) is 2.06. The van der Waals surface area contributed by atoms with Gasteiger partial charge in [0.05, 0.1) is 40.5 Å². The van der Waals surface area contributed by atoms with E-state index in [4.69, 9.17) is 47.9 Å². The van der Waals surface area contributed by atoms with E-state index in [0.717, 1.165) is 62.4 Å². The number of likely N-dealkylation sites (N-methyl/N-ethyl adjacent to an activating group) is 1. The average molecular weight is 1480 g/mol. The Hall–Kier alpha value is -9.46. The molecule has 5 fully saturated rings. The lowest BCUT2D eigenvalue weighted by atomic mass is 9.54. The summed E-state index contributed by atoms with van der Waals surface area (Å²) in [5, 5.41) is 98.1. The lowest BCUT2D eigenvalue weighted by Gasteiger charge is -2.54. The minimum atomic E-state index is -2.19. The van der Waals surface area contributed by atoms with Gasteiger partial charge in [-0.2, -0.15) is 0 Å². The molecule has 31 heteroatoms.